The van der Waals surface area contributed by atoms with E-state index >= 15 is 0 Å². The van der Waals surface area contributed by atoms with Crippen LogP contribution in [0.4, 0.5) is 0 Å². The molecule has 4 rings (SSSR count). The smallest absolute Gasteiger partial charge is 0.289 e. The number of methoxy groups -OCH3 is 2. The summed E-state index contributed by atoms with van der Waals surface area (Å²) in [6, 6.07) is 21.2. The number of nitrogens with zero attached hydrogens (tertiary/aromatic N) is 2. The lowest BCUT2D eigenvalue weighted by Gasteiger charge is -2.06. The van der Waals surface area contributed by atoms with Crippen molar-refractivity contribution < 1.29 is 14.3 Å². The van der Waals surface area contributed by atoms with Crippen molar-refractivity contribution in [1.82, 2.24) is 15.6 Å². The molecule has 1 aromatic heterocycles. The largest absolute Gasteiger partial charge is 0.497 e. The topological polar surface area (TPSA) is 88.6 Å². The number of carbonyl (C=O) groups is 1. The van der Waals surface area contributed by atoms with Crippen LogP contribution in [0.3, 0.4) is 0 Å². The lowest BCUT2D eigenvalue weighted by atomic mass is 10.1. The summed E-state index contributed by atoms with van der Waals surface area (Å²) in [5, 5.41) is 13.3. The number of fused-ring (bicyclic) bond motifs is 1. The van der Waals surface area contributed by atoms with Crippen molar-refractivity contribution in [3.05, 3.63) is 78.0 Å². The minimum atomic E-state index is -0.390. The lowest BCUT2D eigenvalue weighted by molar-refractivity contribution is 0.0950. The Bertz CT molecular complexity index is 1230. The number of rotatable bonds is 6. The quantitative estimate of drug-likeness (QED) is 0.378. The maximum atomic E-state index is 12.4. The molecule has 0 aliphatic carbocycles. The molecule has 0 saturated carbocycles. The summed E-state index contributed by atoms with van der Waals surface area (Å²) in [5.74, 6) is 0.873. The first-order valence-corrected chi connectivity index (χ1v) is 9.28. The molecule has 0 radical (unpaired) electrons. The van der Waals surface area contributed by atoms with Crippen LogP contribution in [-0.2, 0) is 0 Å². The molecule has 30 heavy (non-hydrogen) atoms. The standard InChI is InChI=1S/C23H20N4O3/c1-29-19-10-9-18(22(12-19)30-2)14-24-27-23(28)21-13-20(25-26-21)17-8-7-15-5-3-4-6-16(15)11-17/h3-14H,1-2H3,(H,25,26)(H,27,28)/b24-14-. The number of ether oxygens (including phenoxy) is 2. The molecule has 0 fully saturated rings. The van der Waals surface area contributed by atoms with Crippen molar-refractivity contribution >= 4 is 22.9 Å². The predicted molar refractivity (Wildman–Crippen MR) is 116 cm³/mol. The van der Waals surface area contributed by atoms with Gasteiger partial charge in [-0.3, -0.25) is 9.89 Å². The van der Waals surface area contributed by atoms with E-state index < -0.39 is 5.91 Å². The summed E-state index contributed by atoms with van der Waals surface area (Å²) in [6.45, 7) is 0. The highest BCUT2D eigenvalue weighted by atomic mass is 16.5. The van der Waals surface area contributed by atoms with Crippen molar-refractivity contribution in [3.63, 3.8) is 0 Å². The summed E-state index contributed by atoms with van der Waals surface area (Å²) in [5.41, 5.74) is 5.13. The van der Waals surface area contributed by atoms with E-state index in [9.17, 15) is 4.79 Å². The van der Waals surface area contributed by atoms with Gasteiger partial charge in [-0.2, -0.15) is 10.2 Å². The van der Waals surface area contributed by atoms with Crippen LogP contribution in [-0.4, -0.2) is 36.5 Å². The maximum Gasteiger partial charge on any atom is 0.289 e. The highest BCUT2D eigenvalue weighted by molar-refractivity contribution is 5.95. The van der Waals surface area contributed by atoms with Crippen LogP contribution in [0.15, 0.2) is 71.8 Å². The molecule has 0 bridgehead atoms. The van der Waals surface area contributed by atoms with E-state index in [2.05, 4.69) is 26.8 Å². The van der Waals surface area contributed by atoms with Gasteiger partial charge in [-0.1, -0.05) is 36.4 Å². The summed E-state index contributed by atoms with van der Waals surface area (Å²) in [4.78, 5) is 12.4. The van der Waals surface area contributed by atoms with Gasteiger partial charge in [0.25, 0.3) is 5.91 Å². The fourth-order valence-corrected chi connectivity index (χ4v) is 3.08. The number of carbonyl (C=O) groups excluding carboxylic acids is 1. The molecule has 0 saturated heterocycles. The third-order valence-electron chi connectivity index (χ3n) is 4.68. The van der Waals surface area contributed by atoms with Crippen LogP contribution in [0.25, 0.3) is 22.0 Å². The second kappa shape index (κ2) is 8.48. The Morgan fingerprint density at radius 2 is 1.83 bits per heavy atom. The molecular weight excluding hydrogens is 380 g/mol. The molecule has 0 spiro atoms. The lowest BCUT2D eigenvalue weighted by Crippen LogP contribution is -2.18. The number of hydrogen-bond acceptors (Lipinski definition) is 5. The third kappa shape index (κ3) is 4.00. The van der Waals surface area contributed by atoms with E-state index in [0.29, 0.717) is 28.5 Å². The van der Waals surface area contributed by atoms with Gasteiger partial charge in [0.05, 0.1) is 26.1 Å². The second-order valence-corrected chi connectivity index (χ2v) is 6.54. The summed E-state index contributed by atoms with van der Waals surface area (Å²) >= 11 is 0. The van der Waals surface area contributed by atoms with Gasteiger partial charge in [-0.05, 0) is 35.0 Å². The van der Waals surface area contributed by atoms with Crippen LogP contribution >= 0.6 is 0 Å². The normalized spacial score (nSPS) is 11.0. The molecule has 1 heterocycles. The van der Waals surface area contributed by atoms with E-state index in [0.717, 1.165) is 16.3 Å². The molecule has 7 heteroatoms. The van der Waals surface area contributed by atoms with Crippen LogP contribution in [0, 0.1) is 0 Å². The maximum absolute atomic E-state index is 12.4. The Labute approximate surface area is 173 Å². The van der Waals surface area contributed by atoms with Crippen molar-refractivity contribution in [3.8, 4) is 22.8 Å². The van der Waals surface area contributed by atoms with Crippen LogP contribution in [0.5, 0.6) is 11.5 Å². The zero-order chi connectivity index (χ0) is 20.9. The molecule has 3 aromatic carbocycles. The van der Waals surface area contributed by atoms with Crippen LogP contribution in [0.2, 0.25) is 0 Å². The highest BCUT2D eigenvalue weighted by Gasteiger charge is 2.11. The number of aromatic nitrogens is 2. The first-order chi connectivity index (χ1) is 14.7. The Morgan fingerprint density at radius 3 is 2.63 bits per heavy atom. The van der Waals surface area contributed by atoms with Crippen molar-refractivity contribution in [1.29, 1.82) is 0 Å². The van der Waals surface area contributed by atoms with Crippen molar-refractivity contribution in [2.45, 2.75) is 0 Å². The van der Waals surface area contributed by atoms with Crippen LogP contribution in [0.1, 0.15) is 16.1 Å². The SMILES string of the molecule is COc1ccc(/C=N\NC(=O)c2cc(-c3ccc4ccccc4c3)n[nH]2)c(OC)c1. The number of hydrazone groups is 1. The molecule has 1 amide bonds. The minimum absolute atomic E-state index is 0.317. The molecule has 4 aromatic rings. The Kier molecular flexibility index (Phi) is 5.43. The molecule has 7 nitrogen and oxygen atoms in total. The molecule has 150 valence electrons. The summed E-state index contributed by atoms with van der Waals surface area (Å²) < 4.78 is 10.5. The molecule has 0 aliphatic rings. The van der Waals surface area contributed by atoms with E-state index in [1.807, 2.05) is 36.4 Å². The zero-order valence-corrected chi connectivity index (χ0v) is 16.5. The van der Waals surface area contributed by atoms with Gasteiger partial charge in [0.15, 0.2) is 0 Å². The van der Waals surface area contributed by atoms with Gasteiger partial charge >= 0.3 is 0 Å². The van der Waals surface area contributed by atoms with Crippen molar-refractivity contribution in [2.75, 3.05) is 14.2 Å². The van der Waals surface area contributed by atoms with E-state index in [1.165, 1.54) is 6.21 Å². The molecular formula is C23H20N4O3. The van der Waals surface area contributed by atoms with E-state index in [1.54, 1.807) is 38.5 Å². The first kappa shape index (κ1) is 19.2. The fourth-order valence-electron chi connectivity index (χ4n) is 3.08. The number of aromatic amines is 1. The average molecular weight is 400 g/mol. The van der Waals surface area contributed by atoms with E-state index in [-0.39, 0.29) is 0 Å². The Hall–Kier alpha value is -4.13. The highest BCUT2D eigenvalue weighted by Crippen LogP contribution is 2.24. The monoisotopic (exact) mass is 400 g/mol. The molecule has 0 unspecified atom stereocenters. The van der Waals surface area contributed by atoms with Gasteiger partial charge < -0.3 is 9.47 Å². The Balaban J connectivity index is 1.47. The zero-order valence-electron chi connectivity index (χ0n) is 16.5. The number of nitrogens with one attached hydrogen (secondary N) is 2. The average Bonchev–Trinajstić information content (AvgIpc) is 3.29. The first-order valence-electron chi connectivity index (χ1n) is 9.28. The van der Waals surface area contributed by atoms with Gasteiger partial charge in [-0.15, -0.1) is 0 Å². The third-order valence-corrected chi connectivity index (χ3v) is 4.68. The number of hydrogen-bond donors (Lipinski definition) is 2. The van der Waals surface area contributed by atoms with E-state index in [4.69, 9.17) is 9.47 Å². The fraction of sp³-hybridized carbons (Fsp3) is 0.0870. The molecule has 0 aliphatic heterocycles. The summed E-state index contributed by atoms with van der Waals surface area (Å²) in [6.07, 6.45) is 1.51. The van der Waals surface area contributed by atoms with Gasteiger partial charge in [0, 0.05) is 17.2 Å². The number of amides is 1. The predicted octanol–water partition coefficient (Wildman–Crippen LogP) is 4.01. The van der Waals surface area contributed by atoms with Gasteiger partial charge in [-0.25, -0.2) is 5.43 Å². The van der Waals surface area contributed by atoms with Crippen molar-refractivity contribution in [2.24, 2.45) is 5.10 Å². The molecule has 0 atom stereocenters. The summed E-state index contributed by atoms with van der Waals surface area (Å²) in [7, 11) is 3.14. The van der Waals surface area contributed by atoms with Gasteiger partial charge in [0.1, 0.15) is 17.2 Å². The minimum Gasteiger partial charge on any atom is -0.497 e. The van der Waals surface area contributed by atoms with Gasteiger partial charge in [0.2, 0.25) is 0 Å². The number of benzene rings is 3. The van der Waals surface area contributed by atoms with Crippen LogP contribution < -0.4 is 14.9 Å². The Morgan fingerprint density at radius 1 is 1.00 bits per heavy atom. The second-order valence-electron chi connectivity index (χ2n) is 6.54. The molecule has 2 N–H and O–H groups in total. The number of H-pyrrole nitrogens is 1.